The first-order valence-corrected chi connectivity index (χ1v) is 5.82. The van der Waals surface area contributed by atoms with Crippen LogP contribution in [0.4, 0.5) is 10.1 Å². The lowest BCUT2D eigenvalue weighted by molar-refractivity contribution is 0.102. The van der Waals surface area contributed by atoms with Crippen LogP contribution < -0.4 is 5.32 Å². The number of rotatable bonds is 2. The standard InChI is InChI=1S/C15H11FN2O2/c1-9-2-3-10(8-17)6-14(9)18-15(20)12-5-4-11(19)7-13(12)16/h2-7,19H,1H3,(H,18,20). The third kappa shape index (κ3) is 2.75. The Kier molecular flexibility index (Phi) is 3.67. The molecule has 1 amide bonds. The molecule has 0 aliphatic heterocycles. The Labute approximate surface area is 115 Å². The first kappa shape index (κ1) is 13.6. The molecule has 0 atom stereocenters. The highest BCUT2D eigenvalue weighted by Crippen LogP contribution is 2.20. The number of aromatic hydroxyl groups is 1. The van der Waals surface area contributed by atoms with Crippen molar-refractivity contribution in [3.8, 4) is 11.8 Å². The van der Waals surface area contributed by atoms with Crippen LogP contribution in [0.5, 0.6) is 5.75 Å². The molecular weight excluding hydrogens is 259 g/mol. The van der Waals surface area contributed by atoms with Crippen LogP contribution in [0.1, 0.15) is 21.5 Å². The summed E-state index contributed by atoms with van der Waals surface area (Å²) >= 11 is 0. The van der Waals surface area contributed by atoms with Gasteiger partial charge in [0.25, 0.3) is 5.91 Å². The van der Waals surface area contributed by atoms with E-state index in [1.54, 1.807) is 19.1 Å². The summed E-state index contributed by atoms with van der Waals surface area (Å²) in [5.41, 5.74) is 1.43. The van der Waals surface area contributed by atoms with Crippen LogP contribution in [-0.2, 0) is 0 Å². The average Bonchev–Trinajstić information content (AvgIpc) is 2.41. The third-order valence-electron chi connectivity index (χ3n) is 2.81. The van der Waals surface area contributed by atoms with Crippen molar-refractivity contribution in [3.05, 3.63) is 58.9 Å². The van der Waals surface area contributed by atoms with Gasteiger partial charge in [-0.2, -0.15) is 5.26 Å². The van der Waals surface area contributed by atoms with E-state index < -0.39 is 11.7 Å². The number of carbonyl (C=O) groups excluding carboxylic acids is 1. The molecule has 2 rings (SSSR count). The van der Waals surface area contributed by atoms with E-state index in [4.69, 9.17) is 10.4 Å². The highest BCUT2D eigenvalue weighted by molar-refractivity contribution is 6.05. The van der Waals surface area contributed by atoms with Crippen LogP contribution in [0, 0.1) is 24.1 Å². The number of carbonyl (C=O) groups is 1. The van der Waals surface area contributed by atoms with E-state index >= 15 is 0 Å². The number of nitrogens with one attached hydrogen (secondary N) is 1. The summed E-state index contributed by atoms with van der Waals surface area (Å²) in [5, 5.41) is 20.5. The number of phenolic OH excluding ortho intramolecular Hbond substituents is 1. The second-order valence-electron chi connectivity index (χ2n) is 4.26. The Bertz CT molecular complexity index is 720. The highest BCUT2D eigenvalue weighted by Gasteiger charge is 2.13. The number of amides is 1. The third-order valence-corrected chi connectivity index (χ3v) is 2.81. The van der Waals surface area contributed by atoms with Gasteiger partial charge in [0.05, 0.1) is 17.2 Å². The van der Waals surface area contributed by atoms with Gasteiger partial charge in [0.15, 0.2) is 0 Å². The quantitative estimate of drug-likeness (QED) is 0.881. The van der Waals surface area contributed by atoms with Gasteiger partial charge in [0, 0.05) is 11.8 Å². The monoisotopic (exact) mass is 270 g/mol. The maximum Gasteiger partial charge on any atom is 0.258 e. The van der Waals surface area contributed by atoms with Gasteiger partial charge in [-0.15, -0.1) is 0 Å². The molecule has 0 heterocycles. The van der Waals surface area contributed by atoms with Gasteiger partial charge < -0.3 is 10.4 Å². The molecule has 2 aromatic carbocycles. The number of nitrogens with zero attached hydrogens (tertiary/aromatic N) is 1. The summed E-state index contributed by atoms with van der Waals surface area (Å²) in [6.45, 7) is 1.77. The molecule has 0 radical (unpaired) electrons. The molecule has 5 heteroatoms. The minimum Gasteiger partial charge on any atom is -0.508 e. The molecule has 100 valence electrons. The molecule has 0 unspecified atom stereocenters. The minimum absolute atomic E-state index is 0.176. The van der Waals surface area contributed by atoms with E-state index in [9.17, 15) is 9.18 Å². The summed E-state index contributed by atoms with van der Waals surface area (Å²) in [6.07, 6.45) is 0. The molecule has 2 aromatic rings. The summed E-state index contributed by atoms with van der Waals surface area (Å²) < 4.78 is 13.6. The molecule has 0 aromatic heterocycles. The first-order valence-electron chi connectivity index (χ1n) is 5.82. The molecule has 20 heavy (non-hydrogen) atoms. The van der Waals surface area contributed by atoms with E-state index in [1.165, 1.54) is 18.2 Å². The van der Waals surface area contributed by atoms with Gasteiger partial charge in [-0.05, 0) is 36.8 Å². The Balaban J connectivity index is 2.30. The number of halogens is 1. The van der Waals surface area contributed by atoms with Crippen LogP contribution >= 0.6 is 0 Å². The topological polar surface area (TPSA) is 73.1 Å². The van der Waals surface area contributed by atoms with Crippen LogP contribution in [0.3, 0.4) is 0 Å². The van der Waals surface area contributed by atoms with Crippen LogP contribution in [0.15, 0.2) is 36.4 Å². The summed E-state index contributed by atoms with van der Waals surface area (Å²) in [5.74, 6) is -1.70. The van der Waals surface area contributed by atoms with Gasteiger partial charge in [-0.3, -0.25) is 4.79 Å². The molecule has 0 saturated heterocycles. The van der Waals surface area contributed by atoms with Crippen molar-refractivity contribution in [1.82, 2.24) is 0 Å². The summed E-state index contributed by atoms with van der Waals surface area (Å²) in [6, 6.07) is 10.1. The van der Waals surface area contributed by atoms with Gasteiger partial charge in [0.1, 0.15) is 11.6 Å². The molecule has 0 spiro atoms. The van der Waals surface area contributed by atoms with E-state index in [2.05, 4.69) is 5.32 Å². The van der Waals surface area contributed by atoms with Crippen molar-refractivity contribution in [1.29, 1.82) is 5.26 Å². The van der Waals surface area contributed by atoms with Crippen LogP contribution in [-0.4, -0.2) is 11.0 Å². The number of benzene rings is 2. The van der Waals surface area contributed by atoms with Gasteiger partial charge >= 0.3 is 0 Å². The van der Waals surface area contributed by atoms with E-state index in [0.29, 0.717) is 11.3 Å². The van der Waals surface area contributed by atoms with Crippen LogP contribution in [0.25, 0.3) is 0 Å². The largest absolute Gasteiger partial charge is 0.508 e. The van der Waals surface area contributed by atoms with Crippen LogP contribution in [0.2, 0.25) is 0 Å². The van der Waals surface area contributed by atoms with E-state index in [-0.39, 0.29) is 11.3 Å². The van der Waals surface area contributed by atoms with Crippen molar-refractivity contribution >= 4 is 11.6 Å². The number of anilines is 1. The number of aryl methyl sites for hydroxylation is 1. The molecule has 2 N–H and O–H groups in total. The smallest absolute Gasteiger partial charge is 0.258 e. The van der Waals surface area contributed by atoms with Crippen molar-refractivity contribution in [2.75, 3.05) is 5.32 Å². The summed E-state index contributed by atoms with van der Waals surface area (Å²) in [7, 11) is 0. The lowest BCUT2D eigenvalue weighted by Crippen LogP contribution is -2.14. The van der Waals surface area contributed by atoms with Gasteiger partial charge in [-0.25, -0.2) is 4.39 Å². The zero-order valence-corrected chi connectivity index (χ0v) is 10.6. The predicted molar refractivity (Wildman–Crippen MR) is 71.9 cm³/mol. The second-order valence-corrected chi connectivity index (χ2v) is 4.26. The van der Waals surface area contributed by atoms with E-state index in [0.717, 1.165) is 11.6 Å². The SMILES string of the molecule is Cc1ccc(C#N)cc1NC(=O)c1ccc(O)cc1F. The molecule has 0 bridgehead atoms. The molecule has 0 aliphatic rings. The fourth-order valence-corrected chi connectivity index (χ4v) is 1.70. The van der Waals surface area contributed by atoms with Crippen molar-refractivity contribution < 1.29 is 14.3 Å². The number of hydrogen-bond acceptors (Lipinski definition) is 3. The Morgan fingerprint density at radius 1 is 1.30 bits per heavy atom. The fourth-order valence-electron chi connectivity index (χ4n) is 1.70. The first-order chi connectivity index (χ1) is 9.51. The lowest BCUT2D eigenvalue weighted by Gasteiger charge is -2.09. The Hall–Kier alpha value is -2.87. The molecule has 0 saturated carbocycles. The van der Waals surface area contributed by atoms with Gasteiger partial charge in [-0.1, -0.05) is 6.07 Å². The number of hydrogen-bond donors (Lipinski definition) is 2. The average molecular weight is 270 g/mol. The second kappa shape index (κ2) is 5.41. The fraction of sp³-hybridized carbons (Fsp3) is 0.0667. The minimum atomic E-state index is -0.809. The number of nitriles is 1. The molecule has 0 aliphatic carbocycles. The molecule has 0 fully saturated rings. The zero-order valence-electron chi connectivity index (χ0n) is 10.6. The Morgan fingerprint density at radius 3 is 2.70 bits per heavy atom. The maximum atomic E-state index is 13.6. The lowest BCUT2D eigenvalue weighted by atomic mass is 10.1. The van der Waals surface area contributed by atoms with E-state index in [1.807, 2.05) is 6.07 Å². The maximum absolute atomic E-state index is 13.6. The molecule has 4 nitrogen and oxygen atoms in total. The predicted octanol–water partition coefficient (Wildman–Crippen LogP) is 2.96. The number of phenols is 1. The van der Waals surface area contributed by atoms with Crippen molar-refractivity contribution in [3.63, 3.8) is 0 Å². The normalized spacial score (nSPS) is 9.85. The molecular formula is C15H11FN2O2. The van der Waals surface area contributed by atoms with Gasteiger partial charge in [0.2, 0.25) is 0 Å². The highest BCUT2D eigenvalue weighted by atomic mass is 19.1. The van der Waals surface area contributed by atoms with Crippen molar-refractivity contribution in [2.24, 2.45) is 0 Å². The van der Waals surface area contributed by atoms with Crippen molar-refractivity contribution in [2.45, 2.75) is 6.92 Å². The zero-order chi connectivity index (χ0) is 14.7. The summed E-state index contributed by atoms with van der Waals surface area (Å²) in [4.78, 5) is 12.0. The Morgan fingerprint density at radius 2 is 2.05 bits per heavy atom.